The first-order valence-corrected chi connectivity index (χ1v) is 9.13. The van der Waals surface area contributed by atoms with Crippen LogP contribution in [-0.2, 0) is 5.54 Å². The number of hydrogen-bond acceptors (Lipinski definition) is 4. The number of terminal acetylenes is 1. The molecule has 1 aliphatic carbocycles. The second-order valence-electron chi connectivity index (χ2n) is 6.87. The zero-order valence-corrected chi connectivity index (χ0v) is 15.6. The van der Waals surface area contributed by atoms with Crippen molar-refractivity contribution in [2.24, 2.45) is 0 Å². The molecule has 1 aliphatic rings. The molecule has 2 N–H and O–H groups in total. The molecule has 2 aromatic heterocycles. The van der Waals surface area contributed by atoms with Crippen molar-refractivity contribution in [2.45, 2.75) is 18.4 Å². The average molecular weight is 368 g/mol. The number of amides is 1. The summed E-state index contributed by atoms with van der Waals surface area (Å²) in [5.41, 5.74) is 3.84. The molecule has 3 aromatic rings. The van der Waals surface area contributed by atoms with Gasteiger partial charge in [-0.3, -0.25) is 9.78 Å². The van der Waals surface area contributed by atoms with Gasteiger partial charge >= 0.3 is 0 Å². The van der Waals surface area contributed by atoms with Crippen LogP contribution >= 0.6 is 0 Å². The zero-order chi connectivity index (χ0) is 19.6. The molecule has 0 unspecified atom stereocenters. The Morgan fingerprint density at radius 2 is 1.68 bits per heavy atom. The molecule has 1 aromatic carbocycles. The standard InChI is InChI=1S/C23H20N4O/c1-3-16-4-6-17(7-5-16)22(28)27-23(12-13-23)20-10-8-18(14-25-20)19-9-11-21(24-2)26-15-19/h1,4-11,14-15H,12-13H2,2H3,(H,24,26)(H,27,28). The Bertz CT molecular complexity index is 1030. The molecule has 0 atom stereocenters. The maximum absolute atomic E-state index is 12.6. The van der Waals surface area contributed by atoms with E-state index in [4.69, 9.17) is 6.42 Å². The van der Waals surface area contributed by atoms with E-state index in [1.54, 1.807) is 24.3 Å². The molecule has 138 valence electrons. The van der Waals surface area contributed by atoms with Gasteiger partial charge in [0.15, 0.2) is 0 Å². The van der Waals surface area contributed by atoms with Crippen LogP contribution in [0.2, 0.25) is 0 Å². The van der Waals surface area contributed by atoms with Crippen LogP contribution in [0.15, 0.2) is 60.9 Å². The van der Waals surface area contributed by atoms with Gasteiger partial charge in [-0.15, -0.1) is 6.42 Å². The highest BCUT2D eigenvalue weighted by Gasteiger charge is 2.47. The molecule has 1 saturated carbocycles. The van der Waals surface area contributed by atoms with Gasteiger partial charge in [-0.25, -0.2) is 4.98 Å². The Balaban J connectivity index is 1.50. The first-order chi connectivity index (χ1) is 13.6. The minimum atomic E-state index is -0.380. The summed E-state index contributed by atoms with van der Waals surface area (Å²) in [5.74, 6) is 3.27. The highest BCUT2D eigenvalue weighted by Crippen LogP contribution is 2.45. The molecule has 4 rings (SSSR count). The van der Waals surface area contributed by atoms with Crippen molar-refractivity contribution >= 4 is 11.7 Å². The molecule has 0 spiro atoms. The SMILES string of the molecule is C#Cc1ccc(C(=O)NC2(c3ccc(-c4ccc(NC)nc4)cn3)CC2)cc1. The zero-order valence-electron chi connectivity index (χ0n) is 15.6. The second kappa shape index (κ2) is 7.16. The number of anilines is 1. The number of pyridine rings is 2. The van der Waals surface area contributed by atoms with Crippen LogP contribution in [0, 0.1) is 12.3 Å². The molecule has 0 bridgehead atoms. The van der Waals surface area contributed by atoms with Gasteiger partial charge in [0.25, 0.3) is 5.91 Å². The van der Waals surface area contributed by atoms with Crippen molar-refractivity contribution in [3.63, 3.8) is 0 Å². The van der Waals surface area contributed by atoms with E-state index in [1.807, 2.05) is 43.7 Å². The quantitative estimate of drug-likeness (QED) is 0.676. The third-order valence-electron chi connectivity index (χ3n) is 5.02. The van der Waals surface area contributed by atoms with Gasteiger partial charge in [-0.05, 0) is 55.3 Å². The van der Waals surface area contributed by atoms with Crippen LogP contribution in [0.25, 0.3) is 11.1 Å². The van der Waals surface area contributed by atoms with E-state index in [-0.39, 0.29) is 11.4 Å². The van der Waals surface area contributed by atoms with Gasteiger partial charge in [0.2, 0.25) is 0 Å². The minimum absolute atomic E-state index is 0.112. The van der Waals surface area contributed by atoms with Crippen LogP contribution in [0.1, 0.15) is 34.5 Å². The van der Waals surface area contributed by atoms with Crippen molar-refractivity contribution < 1.29 is 4.79 Å². The number of benzene rings is 1. The average Bonchev–Trinajstić information content (AvgIpc) is 3.54. The van der Waals surface area contributed by atoms with Crippen molar-refractivity contribution in [1.29, 1.82) is 0 Å². The Kier molecular flexibility index (Phi) is 4.54. The van der Waals surface area contributed by atoms with Gasteiger partial charge in [0.1, 0.15) is 5.82 Å². The highest BCUT2D eigenvalue weighted by molar-refractivity contribution is 5.95. The lowest BCUT2D eigenvalue weighted by Crippen LogP contribution is -2.35. The molecule has 2 heterocycles. The van der Waals surface area contributed by atoms with Crippen molar-refractivity contribution in [1.82, 2.24) is 15.3 Å². The topological polar surface area (TPSA) is 66.9 Å². The first-order valence-electron chi connectivity index (χ1n) is 9.13. The fourth-order valence-electron chi connectivity index (χ4n) is 3.14. The Labute approximate surface area is 164 Å². The molecular weight excluding hydrogens is 348 g/mol. The number of nitrogens with zero attached hydrogens (tertiary/aromatic N) is 2. The molecule has 28 heavy (non-hydrogen) atoms. The molecule has 0 aliphatic heterocycles. The summed E-state index contributed by atoms with van der Waals surface area (Å²) in [7, 11) is 1.84. The van der Waals surface area contributed by atoms with Crippen molar-refractivity contribution in [2.75, 3.05) is 12.4 Å². The first kappa shape index (κ1) is 17.7. The lowest BCUT2D eigenvalue weighted by molar-refractivity contribution is 0.0930. The number of rotatable bonds is 5. The summed E-state index contributed by atoms with van der Waals surface area (Å²) < 4.78 is 0. The number of hydrogen-bond donors (Lipinski definition) is 2. The third-order valence-corrected chi connectivity index (χ3v) is 5.02. The summed E-state index contributed by atoms with van der Waals surface area (Å²) in [6.07, 6.45) is 10.8. The highest BCUT2D eigenvalue weighted by atomic mass is 16.1. The largest absolute Gasteiger partial charge is 0.373 e. The van der Waals surface area contributed by atoms with Crippen molar-refractivity contribution in [3.8, 4) is 23.5 Å². The van der Waals surface area contributed by atoms with Gasteiger partial charge in [-0.1, -0.05) is 12.0 Å². The van der Waals surface area contributed by atoms with E-state index < -0.39 is 0 Å². The van der Waals surface area contributed by atoms with E-state index in [2.05, 4.69) is 26.5 Å². The second-order valence-corrected chi connectivity index (χ2v) is 6.87. The van der Waals surface area contributed by atoms with E-state index in [9.17, 15) is 4.79 Å². The third kappa shape index (κ3) is 3.45. The fraction of sp³-hybridized carbons (Fsp3) is 0.174. The molecule has 5 nitrogen and oxygen atoms in total. The summed E-state index contributed by atoms with van der Waals surface area (Å²) in [6.45, 7) is 0. The van der Waals surface area contributed by atoms with E-state index in [1.165, 1.54) is 0 Å². The molecular formula is C23H20N4O. The number of carbonyl (C=O) groups excluding carboxylic acids is 1. The molecule has 0 saturated heterocycles. The molecule has 1 amide bonds. The number of nitrogens with one attached hydrogen (secondary N) is 2. The normalized spacial score (nSPS) is 14.0. The summed E-state index contributed by atoms with van der Waals surface area (Å²) in [4.78, 5) is 21.6. The monoisotopic (exact) mass is 368 g/mol. The number of aromatic nitrogens is 2. The predicted molar refractivity (Wildman–Crippen MR) is 110 cm³/mol. The number of carbonyl (C=O) groups is 1. The van der Waals surface area contributed by atoms with Crippen LogP contribution in [0.4, 0.5) is 5.82 Å². The Hall–Kier alpha value is -3.65. The van der Waals surface area contributed by atoms with Gasteiger partial charge < -0.3 is 10.6 Å². The molecule has 1 fully saturated rings. The summed E-state index contributed by atoms with van der Waals surface area (Å²) >= 11 is 0. The van der Waals surface area contributed by atoms with Crippen molar-refractivity contribution in [3.05, 3.63) is 77.7 Å². The van der Waals surface area contributed by atoms with Gasteiger partial charge in [0, 0.05) is 41.7 Å². The van der Waals surface area contributed by atoms with Crippen LogP contribution in [0.3, 0.4) is 0 Å². The van der Waals surface area contributed by atoms with Gasteiger partial charge in [-0.2, -0.15) is 0 Å². The Morgan fingerprint density at radius 3 is 2.18 bits per heavy atom. The summed E-state index contributed by atoms with van der Waals surface area (Å²) in [5, 5.41) is 6.14. The maximum atomic E-state index is 12.6. The van der Waals surface area contributed by atoms with Crippen LogP contribution in [-0.4, -0.2) is 22.9 Å². The fourth-order valence-corrected chi connectivity index (χ4v) is 3.14. The van der Waals surface area contributed by atoms with Crippen LogP contribution < -0.4 is 10.6 Å². The maximum Gasteiger partial charge on any atom is 0.252 e. The molecule has 0 radical (unpaired) electrons. The smallest absolute Gasteiger partial charge is 0.252 e. The van der Waals surface area contributed by atoms with E-state index >= 15 is 0 Å². The lowest BCUT2D eigenvalue weighted by Gasteiger charge is -2.17. The minimum Gasteiger partial charge on any atom is -0.373 e. The Morgan fingerprint density at radius 1 is 1.00 bits per heavy atom. The van der Waals surface area contributed by atoms with Crippen LogP contribution in [0.5, 0.6) is 0 Å². The predicted octanol–water partition coefficient (Wildman–Crippen LogP) is 3.59. The summed E-state index contributed by atoms with van der Waals surface area (Å²) in [6, 6.07) is 15.0. The van der Waals surface area contributed by atoms with Gasteiger partial charge in [0.05, 0.1) is 11.2 Å². The lowest BCUT2D eigenvalue weighted by atomic mass is 10.1. The van der Waals surface area contributed by atoms with E-state index in [0.29, 0.717) is 5.56 Å². The van der Waals surface area contributed by atoms with E-state index in [0.717, 1.165) is 41.0 Å². The molecule has 5 heteroatoms.